The number of methoxy groups -OCH3 is 2. The zero-order valence-corrected chi connectivity index (χ0v) is 13.0. The van der Waals surface area contributed by atoms with Crippen LogP contribution in [0.3, 0.4) is 0 Å². The second-order valence-corrected chi connectivity index (χ2v) is 4.55. The SMILES string of the molecule is C=CCNc1cnnc(Nc2cc(OC)c(Cl)cc2OC)n1. The van der Waals surface area contributed by atoms with E-state index in [0.717, 1.165) is 0 Å². The number of nitrogens with one attached hydrogen (secondary N) is 2. The first-order valence-corrected chi connectivity index (χ1v) is 6.78. The third-order valence-electron chi connectivity index (χ3n) is 2.71. The van der Waals surface area contributed by atoms with Crippen molar-refractivity contribution in [3.63, 3.8) is 0 Å². The summed E-state index contributed by atoms with van der Waals surface area (Å²) in [7, 11) is 3.08. The zero-order chi connectivity index (χ0) is 15.9. The van der Waals surface area contributed by atoms with Crippen LogP contribution in [0.15, 0.2) is 31.0 Å². The number of rotatable bonds is 7. The maximum Gasteiger partial charge on any atom is 0.249 e. The molecule has 0 unspecified atom stereocenters. The van der Waals surface area contributed by atoms with Crippen molar-refractivity contribution in [2.75, 3.05) is 31.4 Å². The second kappa shape index (κ2) is 7.46. The lowest BCUT2D eigenvalue weighted by Crippen LogP contribution is -2.06. The minimum Gasteiger partial charge on any atom is -0.495 e. The van der Waals surface area contributed by atoms with Crippen LogP contribution in [-0.4, -0.2) is 35.9 Å². The van der Waals surface area contributed by atoms with Crippen molar-refractivity contribution in [3.05, 3.63) is 36.0 Å². The minimum atomic E-state index is 0.316. The predicted octanol–water partition coefficient (Wildman–Crippen LogP) is 2.88. The molecule has 0 aliphatic rings. The molecule has 0 saturated carbocycles. The number of hydrogen-bond acceptors (Lipinski definition) is 7. The highest BCUT2D eigenvalue weighted by Crippen LogP contribution is 2.36. The molecule has 7 nitrogen and oxygen atoms in total. The van der Waals surface area contributed by atoms with E-state index in [0.29, 0.717) is 40.5 Å². The van der Waals surface area contributed by atoms with Crippen molar-refractivity contribution < 1.29 is 9.47 Å². The minimum absolute atomic E-state index is 0.316. The van der Waals surface area contributed by atoms with Crippen LogP contribution < -0.4 is 20.1 Å². The van der Waals surface area contributed by atoms with Gasteiger partial charge in [0.25, 0.3) is 0 Å². The Labute approximate surface area is 133 Å². The molecular formula is C14H16ClN5O2. The van der Waals surface area contributed by atoms with Crippen molar-refractivity contribution >= 4 is 29.1 Å². The standard InChI is InChI=1S/C14H16ClN5O2/c1-4-5-16-13-8-17-20-14(19-13)18-10-7-11(21-2)9(15)6-12(10)22-3/h4,6-8H,1,5H2,2-3H3,(H2,16,18,19,20). The number of aromatic nitrogens is 3. The Morgan fingerprint density at radius 3 is 2.73 bits per heavy atom. The normalized spacial score (nSPS) is 9.95. The van der Waals surface area contributed by atoms with Gasteiger partial charge in [0.05, 0.1) is 31.1 Å². The van der Waals surface area contributed by atoms with Crippen LogP contribution in [0.4, 0.5) is 17.5 Å². The first-order valence-electron chi connectivity index (χ1n) is 6.41. The molecule has 2 rings (SSSR count). The molecule has 116 valence electrons. The second-order valence-electron chi connectivity index (χ2n) is 4.15. The molecule has 22 heavy (non-hydrogen) atoms. The molecule has 0 amide bonds. The molecule has 0 fully saturated rings. The number of halogens is 1. The Bertz CT molecular complexity index is 666. The van der Waals surface area contributed by atoms with Crippen LogP contribution in [0.1, 0.15) is 0 Å². The number of ether oxygens (including phenoxy) is 2. The van der Waals surface area contributed by atoms with Gasteiger partial charge in [0.1, 0.15) is 11.5 Å². The highest BCUT2D eigenvalue weighted by Gasteiger charge is 2.11. The monoisotopic (exact) mass is 321 g/mol. The van der Waals surface area contributed by atoms with E-state index >= 15 is 0 Å². The van der Waals surface area contributed by atoms with Gasteiger partial charge in [-0.05, 0) is 0 Å². The van der Waals surface area contributed by atoms with Gasteiger partial charge in [0.2, 0.25) is 5.95 Å². The molecule has 0 radical (unpaired) electrons. The smallest absolute Gasteiger partial charge is 0.249 e. The summed E-state index contributed by atoms with van der Waals surface area (Å²) < 4.78 is 10.5. The molecule has 0 atom stereocenters. The van der Waals surface area contributed by atoms with E-state index in [1.165, 1.54) is 13.3 Å². The number of nitrogens with zero attached hydrogens (tertiary/aromatic N) is 3. The average molecular weight is 322 g/mol. The number of hydrogen-bond donors (Lipinski definition) is 2. The molecule has 0 aliphatic carbocycles. The number of benzene rings is 1. The summed E-state index contributed by atoms with van der Waals surface area (Å²) in [5.74, 6) is 1.95. The highest BCUT2D eigenvalue weighted by atomic mass is 35.5. The van der Waals surface area contributed by atoms with E-state index in [1.807, 2.05) is 0 Å². The molecular weight excluding hydrogens is 306 g/mol. The summed E-state index contributed by atoms with van der Waals surface area (Å²) in [6.45, 7) is 4.21. The van der Waals surface area contributed by atoms with Gasteiger partial charge in [-0.2, -0.15) is 10.1 Å². The Morgan fingerprint density at radius 1 is 1.27 bits per heavy atom. The van der Waals surface area contributed by atoms with E-state index in [1.54, 1.807) is 25.3 Å². The van der Waals surface area contributed by atoms with Crippen molar-refractivity contribution in [1.82, 2.24) is 15.2 Å². The van der Waals surface area contributed by atoms with Gasteiger partial charge in [0, 0.05) is 18.7 Å². The Balaban J connectivity index is 2.27. The maximum absolute atomic E-state index is 6.07. The van der Waals surface area contributed by atoms with Crippen molar-refractivity contribution in [1.29, 1.82) is 0 Å². The van der Waals surface area contributed by atoms with E-state index in [2.05, 4.69) is 32.4 Å². The van der Waals surface area contributed by atoms with Crippen LogP contribution in [0.25, 0.3) is 0 Å². The lowest BCUT2D eigenvalue weighted by Gasteiger charge is -2.13. The highest BCUT2D eigenvalue weighted by molar-refractivity contribution is 6.32. The summed E-state index contributed by atoms with van der Waals surface area (Å²) in [5, 5.41) is 14.3. The summed E-state index contributed by atoms with van der Waals surface area (Å²) >= 11 is 6.07. The molecule has 1 aromatic heterocycles. The molecule has 1 heterocycles. The summed E-state index contributed by atoms with van der Waals surface area (Å²) in [4.78, 5) is 4.29. The Kier molecular flexibility index (Phi) is 5.37. The fourth-order valence-electron chi connectivity index (χ4n) is 1.70. The fraction of sp³-hybridized carbons (Fsp3) is 0.214. The van der Waals surface area contributed by atoms with E-state index in [9.17, 15) is 0 Å². The molecule has 1 aromatic carbocycles. The van der Waals surface area contributed by atoms with Crippen LogP contribution >= 0.6 is 11.6 Å². The van der Waals surface area contributed by atoms with Gasteiger partial charge in [0.15, 0.2) is 5.82 Å². The van der Waals surface area contributed by atoms with Gasteiger partial charge in [-0.25, -0.2) is 0 Å². The summed E-state index contributed by atoms with van der Waals surface area (Å²) in [5.41, 5.74) is 0.617. The molecule has 0 aliphatic heterocycles. The van der Waals surface area contributed by atoms with Gasteiger partial charge in [-0.1, -0.05) is 17.7 Å². The van der Waals surface area contributed by atoms with Gasteiger partial charge in [-0.15, -0.1) is 11.7 Å². The van der Waals surface area contributed by atoms with Gasteiger partial charge >= 0.3 is 0 Å². The first-order chi connectivity index (χ1) is 10.7. The first kappa shape index (κ1) is 15.8. The molecule has 8 heteroatoms. The van der Waals surface area contributed by atoms with Crippen molar-refractivity contribution in [2.24, 2.45) is 0 Å². The molecule has 0 spiro atoms. The predicted molar refractivity (Wildman–Crippen MR) is 86.4 cm³/mol. The molecule has 2 aromatic rings. The summed E-state index contributed by atoms with van der Waals surface area (Å²) in [6.07, 6.45) is 3.25. The number of anilines is 3. The van der Waals surface area contributed by atoms with Crippen LogP contribution in [0.5, 0.6) is 11.5 Å². The van der Waals surface area contributed by atoms with Crippen molar-refractivity contribution in [2.45, 2.75) is 0 Å². The lowest BCUT2D eigenvalue weighted by molar-refractivity contribution is 0.405. The zero-order valence-electron chi connectivity index (χ0n) is 12.3. The molecule has 0 saturated heterocycles. The third-order valence-corrected chi connectivity index (χ3v) is 3.00. The topological polar surface area (TPSA) is 81.2 Å². The van der Waals surface area contributed by atoms with Gasteiger partial charge in [-0.3, -0.25) is 0 Å². The van der Waals surface area contributed by atoms with Crippen molar-refractivity contribution in [3.8, 4) is 11.5 Å². The molecule has 0 bridgehead atoms. The van der Waals surface area contributed by atoms with E-state index < -0.39 is 0 Å². The average Bonchev–Trinajstić information content (AvgIpc) is 2.54. The third kappa shape index (κ3) is 3.76. The van der Waals surface area contributed by atoms with Crippen LogP contribution in [0.2, 0.25) is 5.02 Å². The fourth-order valence-corrected chi connectivity index (χ4v) is 1.93. The van der Waals surface area contributed by atoms with Gasteiger partial charge < -0.3 is 20.1 Å². The quantitative estimate of drug-likeness (QED) is 0.759. The van der Waals surface area contributed by atoms with Crippen LogP contribution in [-0.2, 0) is 0 Å². The van der Waals surface area contributed by atoms with Crippen LogP contribution in [0, 0.1) is 0 Å². The Morgan fingerprint density at radius 2 is 2.05 bits per heavy atom. The largest absolute Gasteiger partial charge is 0.495 e. The molecule has 2 N–H and O–H groups in total. The lowest BCUT2D eigenvalue weighted by atomic mass is 10.2. The van der Waals surface area contributed by atoms with E-state index in [4.69, 9.17) is 21.1 Å². The maximum atomic E-state index is 6.07. The Hall–Kier alpha value is -2.54. The summed E-state index contributed by atoms with van der Waals surface area (Å²) in [6, 6.07) is 3.35. The van der Waals surface area contributed by atoms with E-state index in [-0.39, 0.29) is 0 Å².